The quantitative estimate of drug-likeness (QED) is 0.409. The van der Waals surface area contributed by atoms with Gasteiger partial charge in [-0.25, -0.2) is 5.43 Å². The topological polar surface area (TPSA) is 89.4 Å². The minimum absolute atomic E-state index is 0.0108. The van der Waals surface area contributed by atoms with Crippen molar-refractivity contribution in [2.45, 2.75) is 13.3 Å². The highest BCUT2D eigenvalue weighted by Gasteiger charge is 2.14. The van der Waals surface area contributed by atoms with Gasteiger partial charge in [0, 0.05) is 10.0 Å². The summed E-state index contributed by atoms with van der Waals surface area (Å²) in [6.07, 6.45) is 1.59. The zero-order valence-electron chi connectivity index (χ0n) is 15.6. The molecule has 0 saturated heterocycles. The first kappa shape index (κ1) is 22.0. The predicted molar refractivity (Wildman–Crippen MR) is 114 cm³/mol. The molecule has 0 radical (unpaired) electrons. The van der Waals surface area contributed by atoms with E-state index >= 15 is 0 Å². The average Bonchev–Trinajstić information content (AvgIpc) is 2.69. The Balaban J connectivity index is 2.07. The molecule has 0 fully saturated rings. The van der Waals surface area contributed by atoms with E-state index in [1.807, 2.05) is 6.92 Å². The zero-order chi connectivity index (χ0) is 20.7. The molecule has 0 heterocycles. The Hall–Kier alpha value is -2.26. The van der Waals surface area contributed by atoms with Crippen LogP contribution in [0.25, 0.3) is 0 Å². The summed E-state index contributed by atoms with van der Waals surface area (Å²) >= 11 is 6.67. The van der Waals surface area contributed by atoms with Crippen LogP contribution in [0.1, 0.15) is 18.1 Å². The first-order chi connectivity index (χ1) is 13.4. The number of hydrogen-bond acceptors (Lipinski definition) is 6. The molecular weight excluding hydrogens is 496 g/mol. The number of hydrogen-bond donors (Lipinski definition) is 2. The number of carbonyl (C=O) groups is 1. The van der Waals surface area contributed by atoms with Crippen LogP contribution in [0.4, 0.5) is 0 Å². The fourth-order valence-electron chi connectivity index (χ4n) is 2.36. The number of carbonyl (C=O) groups excluding carboxylic acids is 1. The van der Waals surface area contributed by atoms with Crippen molar-refractivity contribution in [3.63, 3.8) is 0 Å². The number of rotatable bonds is 8. The number of phenolic OH excluding ortho intramolecular Hbond substituents is 1. The highest BCUT2D eigenvalue weighted by atomic mass is 79.9. The number of aromatic hydroxyl groups is 1. The maximum atomic E-state index is 12.1. The third-order valence-electron chi connectivity index (χ3n) is 3.68. The Morgan fingerprint density at radius 2 is 1.86 bits per heavy atom. The molecule has 9 heteroatoms. The Morgan fingerprint density at radius 3 is 2.50 bits per heavy atom. The first-order valence-electron chi connectivity index (χ1n) is 8.27. The highest BCUT2D eigenvalue weighted by molar-refractivity contribution is 9.13. The van der Waals surface area contributed by atoms with Gasteiger partial charge in [0.2, 0.25) is 5.91 Å². The van der Waals surface area contributed by atoms with Crippen molar-refractivity contribution in [2.75, 3.05) is 20.8 Å². The van der Waals surface area contributed by atoms with Crippen molar-refractivity contribution in [1.82, 2.24) is 5.43 Å². The van der Waals surface area contributed by atoms with Crippen molar-refractivity contribution in [1.29, 1.82) is 0 Å². The molecule has 2 rings (SSSR count). The molecule has 0 aliphatic heterocycles. The summed E-state index contributed by atoms with van der Waals surface area (Å²) in [6, 6.07) is 6.89. The maximum Gasteiger partial charge on any atom is 0.244 e. The van der Waals surface area contributed by atoms with Crippen LogP contribution in [0.3, 0.4) is 0 Å². The summed E-state index contributed by atoms with van der Waals surface area (Å²) in [5.41, 5.74) is 3.86. The number of ether oxygens (including phenoxy) is 3. The van der Waals surface area contributed by atoms with Crippen LogP contribution >= 0.6 is 31.9 Å². The van der Waals surface area contributed by atoms with E-state index in [-0.39, 0.29) is 18.1 Å². The number of halogens is 2. The van der Waals surface area contributed by atoms with Crippen LogP contribution in [-0.4, -0.2) is 38.1 Å². The molecule has 150 valence electrons. The first-order valence-corrected chi connectivity index (χ1v) is 9.86. The normalized spacial score (nSPS) is 10.8. The Kier molecular flexibility index (Phi) is 8.13. The number of nitrogens with zero attached hydrogens (tertiary/aromatic N) is 1. The summed E-state index contributed by atoms with van der Waals surface area (Å²) in [6.45, 7) is 2.22. The largest absolute Gasteiger partial charge is 0.503 e. The molecule has 2 N–H and O–H groups in total. The summed E-state index contributed by atoms with van der Waals surface area (Å²) in [5, 5.41) is 14.0. The van der Waals surface area contributed by atoms with Crippen LogP contribution in [0, 0.1) is 0 Å². The molecule has 1 amide bonds. The van der Waals surface area contributed by atoms with Gasteiger partial charge in [-0.05, 0) is 62.5 Å². The summed E-state index contributed by atoms with van der Waals surface area (Å²) in [5.74, 6) is 1.16. The van der Waals surface area contributed by atoms with Crippen LogP contribution in [0.5, 0.6) is 23.0 Å². The SMILES string of the molecule is CCOc1cc(C=NNC(=O)Cc2ccc(OC)c(OC)c2)c(Br)c(Br)c1O. The lowest BCUT2D eigenvalue weighted by Gasteiger charge is -2.11. The molecule has 28 heavy (non-hydrogen) atoms. The van der Waals surface area contributed by atoms with Crippen LogP contribution < -0.4 is 19.6 Å². The van der Waals surface area contributed by atoms with Gasteiger partial charge in [-0.15, -0.1) is 0 Å². The number of nitrogens with one attached hydrogen (secondary N) is 1. The number of benzene rings is 2. The number of methoxy groups -OCH3 is 2. The standard InChI is InChI=1S/C19H20Br2N2O5/c1-4-28-15-9-12(17(20)18(21)19(15)25)10-22-23-16(24)8-11-5-6-13(26-2)14(7-11)27-3/h5-7,9-10,25H,4,8H2,1-3H3,(H,23,24). The fraction of sp³-hybridized carbons (Fsp3) is 0.263. The molecule has 0 saturated carbocycles. The second-order valence-electron chi connectivity index (χ2n) is 5.53. The lowest BCUT2D eigenvalue weighted by molar-refractivity contribution is -0.120. The smallest absolute Gasteiger partial charge is 0.244 e. The van der Waals surface area contributed by atoms with Crippen molar-refractivity contribution >= 4 is 44.0 Å². The van der Waals surface area contributed by atoms with Gasteiger partial charge in [-0.2, -0.15) is 5.10 Å². The Labute approximate surface area is 179 Å². The van der Waals surface area contributed by atoms with Crippen LogP contribution in [-0.2, 0) is 11.2 Å². The van der Waals surface area contributed by atoms with Gasteiger partial charge < -0.3 is 19.3 Å². The third kappa shape index (κ3) is 5.39. The predicted octanol–water partition coefficient (Wildman–Crippen LogP) is 4.03. The highest BCUT2D eigenvalue weighted by Crippen LogP contribution is 2.41. The molecule has 0 unspecified atom stereocenters. The van der Waals surface area contributed by atoms with Crippen molar-refractivity contribution < 1.29 is 24.1 Å². The molecular formula is C19H20Br2N2O5. The van der Waals surface area contributed by atoms with E-state index in [0.29, 0.717) is 38.4 Å². The summed E-state index contributed by atoms with van der Waals surface area (Å²) in [4.78, 5) is 12.1. The maximum absolute atomic E-state index is 12.1. The second kappa shape index (κ2) is 10.3. The molecule has 0 atom stereocenters. The molecule has 7 nitrogen and oxygen atoms in total. The van der Waals surface area contributed by atoms with E-state index in [1.54, 1.807) is 31.4 Å². The van der Waals surface area contributed by atoms with Gasteiger partial charge in [0.25, 0.3) is 0 Å². The Morgan fingerprint density at radius 1 is 1.14 bits per heavy atom. The van der Waals surface area contributed by atoms with Gasteiger partial charge in [0.1, 0.15) is 0 Å². The van der Waals surface area contributed by atoms with E-state index < -0.39 is 0 Å². The summed E-state index contributed by atoms with van der Waals surface area (Å²) in [7, 11) is 3.09. The number of amides is 1. The van der Waals surface area contributed by atoms with Crippen LogP contribution in [0.2, 0.25) is 0 Å². The fourth-order valence-corrected chi connectivity index (χ4v) is 3.19. The lowest BCUT2D eigenvalue weighted by atomic mass is 10.1. The number of hydrazone groups is 1. The minimum Gasteiger partial charge on any atom is -0.503 e. The van der Waals surface area contributed by atoms with E-state index in [1.165, 1.54) is 13.3 Å². The van der Waals surface area contributed by atoms with E-state index in [2.05, 4.69) is 42.4 Å². The molecule has 0 aliphatic rings. The Bertz CT molecular complexity index is 887. The molecule has 2 aromatic rings. The van der Waals surface area contributed by atoms with Crippen molar-refractivity contribution in [2.24, 2.45) is 5.10 Å². The molecule has 2 aromatic carbocycles. The van der Waals surface area contributed by atoms with Crippen molar-refractivity contribution in [3.8, 4) is 23.0 Å². The van der Waals surface area contributed by atoms with Crippen LogP contribution in [0.15, 0.2) is 38.3 Å². The monoisotopic (exact) mass is 514 g/mol. The molecule has 0 aromatic heterocycles. The van der Waals surface area contributed by atoms with E-state index in [9.17, 15) is 9.90 Å². The van der Waals surface area contributed by atoms with Gasteiger partial charge >= 0.3 is 0 Å². The minimum atomic E-state index is -0.289. The number of phenols is 1. The second-order valence-corrected chi connectivity index (χ2v) is 7.12. The van der Waals surface area contributed by atoms with E-state index in [4.69, 9.17) is 14.2 Å². The van der Waals surface area contributed by atoms with E-state index in [0.717, 1.165) is 5.56 Å². The third-order valence-corrected chi connectivity index (χ3v) is 5.84. The average molecular weight is 516 g/mol. The molecule has 0 bridgehead atoms. The lowest BCUT2D eigenvalue weighted by Crippen LogP contribution is -2.19. The van der Waals surface area contributed by atoms with Gasteiger partial charge in [-0.1, -0.05) is 6.07 Å². The van der Waals surface area contributed by atoms with Crippen molar-refractivity contribution in [3.05, 3.63) is 44.3 Å². The summed E-state index contributed by atoms with van der Waals surface area (Å²) < 4.78 is 16.8. The molecule has 0 aliphatic carbocycles. The van der Waals surface area contributed by atoms with Gasteiger partial charge in [0.15, 0.2) is 23.0 Å². The molecule has 0 spiro atoms. The van der Waals surface area contributed by atoms with Gasteiger partial charge in [-0.3, -0.25) is 4.79 Å². The zero-order valence-corrected chi connectivity index (χ0v) is 18.8. The van der Waals surface area contributed by atoms with Gasteiger partial charge in [0.05, 0.1) is 37.9 Å².